The Morgan fingerprint density at radius 2 is 1.17 bits per heavy atom. The molecule has 35 heavy (non-hydrogen) atoms. The summed E-state index contributed by atoms with van der Waals surface area (Å²) in [7, 11) is 0. The highest BCUT2D eigenvalue weighted by Crippen LogP contribution is 2.37. The predicted molar refractivity (Wildman–Crippen MR) is 133 cm³/mol. The average Bonchev–Trinajstić information content (AvgIpc) is 2.86. The summed E-state index contributed by atoms with van der Waals surface area (Å²) in [5.74, 6) is -0.606. The fourth-order valence-electron chi connectivity index (χ4n) is 2.97. The molecule has 0 aliphatic rings. The van der Waals surface area contributed by atoms with Crippen LogP contribution in [0.3, 0.4) is 0 Å². The van der Waals surface area contributed by atoms with Crippen LogP contribution in [0.25, 0.3) is 0 Å². The number of nitrogens with zero attached hydrogens (tertiary/aromatic N) is 1. The number of benzene rings is 3. The van der Waals surface area contributed by atoms with Gasteiger partial charge in [0.15, 0.2) is 0 Å². The van der Waals surface area contributed by atoms with Crippen LogP contribution >= 0.6 is 0 Å². The number of hydrogen-bond acceptors (Lipinski definition) is 7. The minimum atomic E-state index is -0.564. The Labute approximate surface area is 203 Å². The van der Waals surface area contributed by atoms with Crippen LogP contribution in [0.5, 0.6) is 17.2 Å². The molecule has 0 bridgehead atoms. The van der Waals surface area contributed by atoms with Crippen LogP contribution in [-0.2, 0) is 14.4 Å². The minimum absolute atomic E-state index is 0.279. The molecule has 0 aliphatic carbocycles. The van der Waals surface area contributed by atoms with Gasteiger partial charge in [0.25, 0.3) is 0 Å². The first-order chi connectivity index (χ1) is 16.8. The number of anilines is 3. The molecule has 0 aromatic heterocycles. The van der Waals surface area contributed by atoms with E-state index in [1.165, 1.54) is 0 Å². The van der Waals surface area contributed by atoms with Gasteiger partial charge in [-0.05, 0) is 67.6 Å². The number of esters is 3. The van der Waals surface area contributed by atoms with Gasteiger partial charge in [-0.2, -0.15) is 0 Å². The van der Waals surface area contributed by atoms with Crippen LogP contribution in [0.4, 0.5) is 17.1 Å². The Morgan fingerprint density at radius 3 is 1.60 bits per heavy atom. The van der Waals surface area contributed by atoms with Crippen LogP contribution in [0.1, 0.15) is 6.92 Å². The van der Waals surface area contributed by atoms with Crippen LogP contribution in [0.2, 0.25) is 0 Å². The van der Waals surface area contributed by atoms with Gasteiger partial charge < -0.3 is 19.1 Å². The van der Waals surface area contributed by atoms with E-state index in [2.05, 4.69) is 19.7 Å². The van der Waals surface area contributed by atoms with E-state index in [0.717, 1.165) is 23.5 Å². The summed E-state index contributed by atoms with van der Waals surface area (Å²) in [5, 5.41) is 0. The Bertz CT molecular complexity index is 1210. The molecule has 0 atom stereocenters. The molecule has 0 heterocycles. The highest BCUT2D eigenvalue weighted by Gasteiger charge is 2.15. The maximum Gasteiger partial charge on any atom is 0.338 e. The van der Waals surface area contributed by atoms with Crippen molar-refractivity contribution >= 4 is 35.0 Å². The van der Waals surface area contributed by atoms with E-state index in [-0.39, 0.29) is 5.57 Å². The van der Waals surface area contributed by atoms with Gasteiger partial charge in [0.05, 0.1) is 0 Å². The molecule has 0 unspecified atom stereocenters. The normalized spacial score (nSPS) is 9.97. The molecule has 0 saturated carbocycles. The molecule has 3 rings (SSSR count). The second kappa shape index (κ2) is 11.3. The van der Waals surface area contributed by atoms with Crippen molar-refractivity contribution in [3.05, 3.63) is 110 Å². The van der Waals surface area contributed by atoms with Crippen molar-refractivity contribution in [1.29, 1.82) is 0 Å². The lowest BCUT2D eigenvalue weighted by atomic mass is 10.1. The molecule has 0 aliphatic heterocycles. The van der Waals surface area contributed by atoms with Gasteiger partial charge in [-0.25, -0.2) is 14.4 Å². The smallest absolute Gasteiger partial charge is 0.338 e. The van der Waals surface area contributed by atoms with E-state index in [1.807, 2.05) is 11.0 Å². The number of carbonyl (C=O) groups excluding carboxylic acids is 3. The summed E-state index contributed by atoms with van der Waals surface area (Å²) in [6.45, 7) is 12.0. The zero-order valence-electron chi connectivity index (χ0n) is 19.1. The minimum Gasteiger partial charge on any atom is -0.423 e. The third-order valence-corrected chi connectivity index (χ3v) is 4.59. The summed E-state index contributed by atoms with van der Waals surface area (Å²) in [4.78, 5) is 36.9. The molecule has 0 saturated heterocycles. The third kappa shape index (κ3) is 6.55. The van der Waals surface area contributed by atoms with Crippen molar-refractivity contribution in [3.8, 4) is 17.2 Å². The Kier molecular flexibility index (Phi) is 7.98. The summed E-state index contributed by atoms with van der Waals surface area (Å²) in [6.07, 6.45) is 2.16. The molecule has 3 aromatic rings. The van der Waals surface area contributed by atoms with Gasteiger partial charge in [-0.15, -0.1) is 0 Å². The summed E-state index contributed by atoms with van der Waals surface area (Å²) < 4.78 is 15.7. The van der Waals surface area contributed by atoms with E-state index in [4.69, 9.17) is 14.2 Å². The number of ether oxygens (including phenoxy) is 3. The second-order valence-corrected chi connectivity index (χ2v) is 7.24. The van der Waals surface area contributed by atoms with Gasteiger partial charge in [-0.1, -0.05) is 25.8 Å². The fourth-order valence-corrected chi connectivity index (χ4v) is 2.97. The molecule has 7 nitrogen and oxygen atoms in total. The average molecular weight is 469 g/mol. The summed E-state index contributed by atoms with van der Waals surface area (Å²) in [5.41, 5.74) is 2.41. The molecule has 176 valence electrons. The van der Waals surface area contributed by atoms with Crippen LogP contribution < -0.4 is 19.1 Å². The SMILES string of the molecule is C=CC(=O)Oc1ccc(N(c2ccc(OC(=O)C=C)cc2)c2cccc(OC(=O)C(=C)C)c2)cc1. The Morgan fingerprint density at radius 1 is 0.686 bits per heavy atom. The van der Waals surface area contributed by atoms with E-state index >= 15 is 0 Å². The molecule has 0 amide bonds. The molecule has 0 fully saturated rings. The molecule has 0 radical (unpaired) electrons. The fraction of sp³-hybridized carbons (Fsp3) is 0.0357. The van der Waals surface area contributed by atoms with E-state index in [1.54, 1.807) is 73.7 Å². The van der Waals surface area contributed by atoms with E-state index < -0.39 is 17.9 Å². The van der Waals surface area contributed by atoms with Gasteiger partial charge in [0.1, 0.15) is 17.2 Å². The third-order valence-electron chi connectivity index (χ3n) is 4.59. The monoisotopic (exact) mass is 469 g/mol. The van der Waals surface area contributed by atoms with Crippen LogP contribution in [0.15, 0.2) is 110 Å². The molecule has 7 heteroatoms. The number of carbonyl (C=O) groups is 3. The van der Waals surface area contributed by atoms with Crippen LogP contribution in [0, 0.1) is 0 Å². The predicted octanol–water partition coefficient (Wildman–Crippen LogP) is 5.82. The Balaban J connectivity index is 2.01. The molecule has 3 aromatic carbocycles. The lowest BCUT2D eigenvalue weighted by Crippen LogP contribution is -2.12. The van der Waals surface area contributed by atoms with Crippen LogP contribution in [-0.4, -0.2) is 17.9 Å². The van der Waals surface area contributed by atoms with E-state index in [9.17, 15) is 14.4 Å². The van der Waals surface area contributed by atoms with Crippen molar-refractivity contribution in [1.82, 2.24) is 0 Å². The van der Waals surface area contributed by atoms with E-state index in [0.29, 0.717) is 22.9 Å². The standard InChI is InChI=1S/C28H23NO6/c1-5-26(30)33-23-14-10-20(11-15-23)29(21-12-16-24(17-13-21)34-27(31)6-2)22-8-7-9-25(18-22)35-28(32)19(3)4/h5-18H,1-3H2,4H3. The first kappa shape index (κ1) is 24.7. The van der Waals surface area contributed by atoms with Crippen molar-refractivity contribution in [2.45, 2.75) is 6.92 Å². The largest absolute Gasteiger partial charge is 0.423 e. The summed E-state index contributed by atoms with van der Waals surface area (Å²) in [6, 6.07) is 20.6. The maximum atomic E-state index is 12.0. The lowest BCUT2D eigenvalue weighted by molar-refractivity contribution is -0.130. The zero-order valence-corrected chi connectivity index (χ0v) is 19.1. The molecule has 0 spiro atoms. The van der Waals surface area contributed by atoms with Gasteiger partial charge in [-0.3, -0.25) is 0 Å². The quantitative estimate of drug-likeness (QED) is 0.222. The topological polar surface area (TPSA) is 82.1 Å². The first-order valence-corrected chi connectivity index (χ1v) is 10.5. The van der Waals surface area contributed by atoms with Crippen molar-refractivity contribution < 1.29 is 28.6 Å². The molecular formula is C28H23NO6. The molecule has 0 N–H and O–H groups in total. The summed E-state index contributed by atoms with van der Waals surface area (Å²) >= 11 is 0. The van der Waals surface area contributed by atoms with Crippen molar-refractivity contribution in [2.24, 2.45) is 0 Å². The molecular weight excluding hydrogens is 446 g/mol. The van der Waals surface area contributed by atoms with Crippen molar-refractivity contribution in [2.75, 3.05) is 4.90 Å². The lowest BCUT2D eigenvalue weighted by Gasteiger charge is -2.26. The highest BCUT2D eigenvalue weighted by atomic mass is 16.5. The maximum absolute atomic E-state index is 12.0. The zero-order chi connectivity index (χ0) is 25.4. The highest BCUT2D eigenvalue weighted by molar-refractivity contribution is 5.89. The first-order valence-electron chi connectivity index (χ1n) is 10.5. The van der Waals surface area contributed by atoms with Crippen molar-refractivity contribution in [3.63, 3.8) is 0 Å². The Hall–Kier alpha value is -4.91. The second-order valence-electron chi connectivity index (χ2n) is 7.24. The van der Waals surface area contributed by atoms with Gasteiger partial charge in [0, 0.05) is 40.9 Å². The number of rotatable bonds is 9. The van der Waals surface area contributed by atoms with Gasteiger partial charge in [0.2, 0.25) is 0 Å². The number of hydrogen-bond donors (Lipinski definition) is 0. The van der Waals surface area contributed by atoms with Gasteiger partial charge >= 0.3 is 17.9 Å².